The van der Waals surface area contributed by atoms with E-state index in [4.69, 9.17) is 4.42 Å². The number of anilines is 1. The fourth-order valence-electron chi connectivity index (χ4n) is 3.12. The first kappa shape index (κ1) is 23.2. The number of aromatic nitrogens is 2. The van der Waals surface area contributed by atoms with Gasteiger partial charge in [-0.15, -0.1) is 11.8 Å². The maximum atomic E-state index is 13.1. The Hall–Kier alpha value is -1.46. The Bertz CT molecular complexity index is 827. The Morgan fingerprint density at radius 3 is 2.73 bits per heavy atom. The first-order chi connectivity index (χ1) is 14.3. The average molecular weight is 455 g/mol. The molecule has 0 spiro atoms. The summed E-state index contributed by atoms with van der Waals surface area (Å²) in [5, 5.41) is 23.0. The molecule has 166 valence electrons. The summed E-state index contributed by atoms with van der Waals surface area (Å²) in [5.74, 6) is 1.93. The number of aliphatic hydroxyl groups excluding tert-OH is 2. The zero-order valence-corrected chi connectivity index (χ0v) is 19.3. The van der Waals surface area contributed by atoms with E-state index < -0.39 is 12.7 Å². The van der Waals surface area contributed by atoms with Gasteiger partial charge in [0.15, 0.2) is 5.13 Å². The first-order valence-corrected chi connectivity index (χ1v) is 11.9. The van der Waals surface area contributed by atoms with Gasteiger partial charge in [0.05, 0.1) is 41.6 Å². The van der Waals surface area contributed by atoms with Crippen molar-refractivity contribution in [1.82, 2.24) is 15.3 Å². The van der Waals surface area contributed by atoms with E-state index in [1.54, 1.807) is 24.2 Å². The van der Waals surface area contributed by atoms with Crippen LogP contribution in [-0.4, -0.2) is 58.4 Å². The van der Waals surface area contributed by atoms with E-state index in [0.29, 0.717) is 16.8 Å². The molecule has 30 heavy (non-hydrogen) atoms. The lowest BCUT2D eigenvalue weighted by molar-refractivity contribution is -0.123. The highest BCUT2D eigenvalue weighted by Gasteiger charge is 2.30. The number of hydrogen-bond acceptors (Lipinski definition) is 9. The van der Waals surface area contributed by atoms with Gasteiger partial charge in [-0.05, 0) is 25.9 Å². The van der Waals surface area contributed by atoms with Crippen molar-refractivity contribution in [2.75, 3.05) is 31.1 Å². The Morgan fingerprint density at radius 1 is 1.37 bits per heavy atom. The highest BCUT2D eigenvalue weighted by atomic mass is 32.2. The van der Waals surface area contributed by atoms with E-state index in [1.807, 2.05) is 0 Å². The molecular formula is C20H30N4O4S2. The van der Waals surface area contributed by atoms with Gasteiger partial charge in [0.1, 0.15) is 5.76 Å². The summed E-state index contributed by atoms with van der Waals surface area (Å²) in [4.78, 5) is 23.4. The summed E-state index contributed by atoms with van der Waals surface area (Å²) in [7, 11) is 0. The van der Waals surface area contributed by atoms with Crippen LogP contribution in [0, 0.1) is 5.92 Å². The van der Waals surface area contributed by atoms with Gasteiger partial charge in [0.2, 0.25) is 11.8 Å². The topological polar surface area (TPSA) is 112 Å². The highest BCUT2D eigenvalue weighted by molar-refractivity contribution is 8.00. The minimum absolute atomic E-state index is 0.0333. The van der Waals surface area contributed by atoms with Gasteiger partial charge in [-0.2, -0.15) is 0 Å². The molecule has 0 aromatic carbocycles. The fraction of sp³-hybridized carbons (Fsp3) is 0.650. The number of nitrogens with zero attached hydrogens (tertiary/aromatic N) is 3. The van der Waals surface area contributed by atoms with Crippen molar-refractivity contribution >= 4 is 34.1 Å². The van der Waals surface area contributed by atoms with Crippen molar-refractivity contribution in [1.29, 1.82) is 0 Å². The molecule has 1 aliphatic rings. The van der Waals surface area contributed by atoms with Crippen LogP contribution in [0.1, 0.15) is 45.3 Å². The van der Waals surface area contributed by atoms with Crippen molar-refractivity contribution in [2.24, 2.45) is 5.92 Å². The van der Waals surface area contributed by atoms with Crippen molar-refractivity contribution < 1.29 is 19.4 Å². The predicted octanol–water partition coefficient (Wildman–Crippen LogP) is 2.41. The van der Waals surface area contributed by atoms with Gasteiger partial charge in [0.25, 0.3) is 0 Å². The molecule has 3 N–H and O–H groups in total. The van der Waals surface area contributed by atoms with Gasteiger partial charge in [-0.25, -0.2) is 9.97 Å². The van der Waals surface area contributed by atoms with Gasteiger partial charge >= 0.3 is 0 Å². The zero-order chi connectivity index (χ0) is 21.7. The molecule has 0 saturated carbocycles. The number of thiazole rings is 1. The molecule has 10 heteroatoms. The largest absolute Gasteiger partial charge is 0.444 e. The fourth-order valence-corrected chi connectivity index (χ4v) is 4.95. The van der Waals surface area contributed by atoms with Crippen molar-refractivity contribution in [2.45, 2.75) is 55.1 Å². The number of piperidine rings is 1. The van der Waals surface area contributed by atoms with E-state index in [-0.39, 0.29) is 23.8 Å². The third kappa shape index (κ3) is 6.04. The van der Waals surface area contributed by atoms with Crippen LogP contribution in [0.15, 0.2) is 21.0 Å². The van der Waals surface area contributed by atoms with Crippen LogP contribution in [0.5, 0.6) is 0 Å². The predicted molar refractivity (Wildman–Crippen MR) is 118 cm³/mol. The molecular weight excluding hydrogens is 424 g/mol. The second-order valence-electron chi connectivity index (χ2n) is 8.43. The molecule has 8 nitrogen and oxygen atoms in total. The molecule has 0 aliphatic carbocycles. The summed E-state index contributed by atoms with van der Waals surface area (Å²) in [6.45, 7) is 7.48. The van der Waals surface area contributed by atoms with Gasteiger partial charge in [-0.1, -0.05) is 32.1 Å². The van der Waals surface area contributed by atoms with E-state index in [0.717, 1.165) is 35.9 Å². The normalized spacial score (nSPS) is 16.6. The number of carbonyl (C=O) groups is 1. The van der Waals surface area contributed by atoms with Gasteiger partial charge in [0, 0.05) is 11.3 Å². The quantitative estimate of drug-likeness (QED) is 0.522. The molecule has 1 atom stereocenters. The first-order valence-electron chi connectivity index (χ1n) is 10.1. The molecule has 1 aliphatic heterocycles. The molecule has 3 heterocycles. The summed E-state index contributed by atoms with van der Waals surface area (Å²) >= 11 is 2.94. The van der Waals surface area contributed by atoms with Crippen LogP contribution in [-0.2, 0) is 16.0 Å². The van der Waals surface area contributed by atoms with E-state index in [9.17, 15) is 15.0 Å². The number of thioether (sulfide) groups is 1. The summed E-state index contributed by atoms with van der Waals surface area (Å²) in [6.07, 6.45) is 4.02. The maximum absolute atomic E-state index is 13.1. The molecule has 0 radical (unpaired) electrons. The Kier molecular flexibility index (Phi) is 7.92. The van der Waals surface area contributed by atoms with Crippen molar-refractivity contribution in [3.05, 3.63) is 24.0 Å². The number of rotatable bonds is 8. The van der Waals surface area contributed by atoms with Crippen LogP contribution >= 0.6 is 23.1 Å². The van der Waals surface area contributed by atoms with Crippen LogP contribution in [0.25, 0.3) is 0 Å². The number of aliphatic hydroxyl groups is 2. The molecule has 2 aromatic rings. The van der Waals surface area contributed by atoms with Gasteiger partial charge in [-0.3, -0.25) is 9.69 Å². The SMILES string of the molecule is CC(C)(C)c1cnc(CSc2cnc(N(CC(O)CO)C(=O)C3CCNCC3)s2)o1. The minimum Gasteiger partial charge on any atom is -0.444 e. The molecule has 1 saturated heterocycles. The van der Waals surface area contributed by atoms with Crippen molar-refractivity contribution in [3.63, 3.8) is 0 Å². The third-order valence-electron chi connectivity index (χ3n) is 4.89. The van der Waals surface area contributed by atoms with Crippen LogP contribution in [0.4, 0.5) is 5.13 Å². The lowest BCUT2D eigenvalue weighted by Crippen LogP contribution is -2.45. The van der Waals surface area contributed by atoms with E-state index in [1.165, 1.54) is 16.2 Å². The second kappa shape index (κ2) is 10.2. The smallest absolute Gasteiger partial charge is 0.232 e. The number of oxazole rings is 1. The molecule has 0 bridgehead atoms. The Morgan fingerprint density at radius 2 is 2.10 bits per heavy atom. The molecule has 1 unspecified atom stereocenters. The van der Waals surface area contributed by atoms with Gasteiger partial charge < -0.3 is 19.9 Å². The molecule has 1 fully saturated rings. The Balaban J connectivity index is 1.68. The second-order valence-corrected chi connectivity index (χ2v) is 10.7. The monoisotopic (exact) mass is 454 g/mol. The molecule has 3 rings (SSSR count). The Labute approximate surface area is 185 Å². The van der Waals surface area contributed by atoms with Crippen LogP contribution in [0.2, 0.25) is 0 Å². The zero-order valence-electron chi connectivity index (χ0n) is 17.6. The lowest BCUT2D eigenvalue weighted by Gasteiger charge is -2.29. The highest BCUT2D eigenvalue weighted by Crippen LogP contribution is 2.34. The number of nitrogens with one attached hydrogen (secondary N) is 1. The minimum atomic E-state index is -1.00. The molecule has 2 aromatic heterocycles. The van der Waals surface area contributed by atoms with Crippen LogP contribution < -0.4 is 10.2 Å². The number of hydrogen-bond donors (Lipinski definition) is 3. The van der Waals surface area contributed by atoms with E-state index >= 15 is 0 Å². The lowest BCUT2D eigenvalue weighted by atomic mass is 9.94. The number of carbonyl (C=O) groups excluding carboxylic acids is 1. The molecule has 1 amide bonds. The summed E-state index contributed by atoms with van der Waals surface area (Å²) < 4.78 is 6.76. The summed E-state index contributed by atoms with van der Waals surface area (Å²) in [6, 6.07) is 0. The average Bonchev–Trinajstić information content (AvgIpc) is 3.40. The van der Waals surface area contributed by atoms with Crippen LogP contribution in [0.3, 0.4) is 0 Å². The van der Waals surface area contributed by atoms with Crippen molar-refractivity contribution in [3.8, 4) is 0 Å². The standard InChI is InChI=1S/C20H30N4O4S2/c1-20(2,3)15-8-22-16(28-15)12-29-17-9-23-19(30-17)24(10-14(26)11-25)18(27)13-4-6-21-7-5-13/h8-9,13-14,21,25-26H,4-7,10-12H2,1-3H3. The number of amides is 1. The van der Waals surface area contributed by atoms with E-state index in [2.05, 4.69) is 36.1 Å². The third-order valence-corrected chi connectivity index (χ3v) is 7.09. The maximum Gasteiger partial charge on any atom is 0.232 e. The summed E-state index contributed by atoms with van der Waals surface area (Å²) in [5.41, 5.74) is -0.0867.